The van der Waals surface area contributed by atoms with Crippen LogP contribution in [-0.2, 0) is 10.5 Å². The van der Waals surface area contributed by atoms with Crippen molar-refractivity contribution in [2.75, 3.05) is 18.7 Å². The van der Waals surface area contributed by atoms with Gasteiger partial charge in [-0.25, -0.2) is 13.2 Å². The third kappa shape index (κ3) is 5.56. The molecule has 0 saturated heterocycles. The van der Waals surface area contributed by atoms with E-state index in [0.717, 1.165) is 24.0 Å². The first-order chi connectivity index (χ1) is 14.7. The molecule has 166 valence electrons. The van der Waals surface area contributed by atoms with Gasteiger partial charge in [0, 0.05) is 28.4 Å². The minimum Gasteiger partial charge on any atom is -0.362 e. The Labute approximate surface area is 182 Å². The first kappa shape index (κ1) is 23.1. The summed E-state index contributed by atoms with van der Waals surface area (Å²) >= 11 is 1.13. The van der Waals surface area contributed by atoms with Crippen LogP contribution >= 0.6 is 11.3 Å². The molecule has 1 aliphatic rings. The number of rotatable bonds is 8. The highest BCUT2D eigenvalue weighted by Gasteiger charge is 2.30. The van der Waals surface area contributed by atoms with Gasteiger partial charge in [-0.05, 0) is 38.0 Å². The lowest BCUT2D eigenvalue weighted by Crippen LogP contribution is -2.22. The molecule has 1 aliphatic heterocycles. The molecule has 0 aliphatic carbocycles. The Morgan fingerprint density at radius 2 is 1.94 bits per heavy atom. The minimum atomic E-state index is -2.28. The lowest BCUT2D eigenvalue weighted by molar-refractivity contribution is -0.151. The Hall–Kier alpha value is -2.59. The van der Waals surface area contributed by atoms with Gasteiger partial charge < -0.3 is 25.6 Å². The van der Waals surface area contributed by atoms with E-state index in [1.54, 1.807) is 6.08 Å². The lowest BCUT2D eigenvalue weighted by atomic mass is 9.97. The molecular weight excluding hydrogens is 429 g/mol. The summed E-state index contributed by atoms with van der Waals surface area (Å²) in [5.41, 5.74) is 1.09. The largest absolute Gasteiger partial charge is 0.362 e. The summed E-state index contributed by atoms with van der Waals surface area (Å²) in [6, 6.07) is 2.85. The first-order valence-electron chi connectivity index (χ1n) is 9.52. The maximum Gasteiger partial charge on any atom is 0.190 e. The number of thiophene rings is 1. The van der Waals surface area contributed by atoms with E-state index < -0.39 is 17.4 Å². The molecule has 0 radical (unpaired) electrons. The number of hydrogen-bond donors (Lipinski definition) is 4. The number of dihydropyridines is 1. The SMILES string of the molecule is Cc1ccc(-c2csc(NCOCC/C=C3/C=CC(F)=CN3)c2C(C)(O)O)c(F)c1F. The van der Waals surface area contributed by atoms with E-state index in [4.69, 9.17) is 4.74 Å². The van der Waals surface area contributed by atoms with Crippen LogP contribution < -0.4 is 10.6 Å². The summed E-state index contributed by atoms with van der Waals surface area (Å²) in [5.74, 6) is -4.65. The molecule has 31 heavy (non-hydrogen) atoms. The molecule has 2 heterocycles. The third-order valence-corrected chi connectivity index (χ3v) is 5.53. The third-order valence-electron chi connectivity index (χ3n) is 4.59. The van der Waals surface area contributed by atoms with Crippen molar-refractivity contribution in [3.05, 3.63) is 76.2 Å². The zero-order chi connectivity index (χ0) is 22.6. The Morgan fingerprint density at radius 1 is 1.16 bits per heavy atom. The van der Waals surface area contributed by atoms with Gasteiger partial charge >= 0.3 is 0 Å². The monoisotopic (exact) mass is 452 g/mol. The van der Waals surface area contributed by atoms with Crippen LogP contribution in [0.25, 0.3) is 11.1 Å². The maximum absolute atomic E-state index is 14.5. The number of aliphatic hydroxyl groups is 2. The molecule has 2 aromatic rings. The van der Waals surface area contributed by atoms with Crippen molar-refractivity contribution in [1.82, 2.24) is 5.32 Å². The van der Waals surface area contributed by atoms with Gasteiger partial charge in [-0.3, -0.25) is 0 Å². The molecule has 0 saturated carbocycles. The number of anilines is 1. The quantitative estimate of drug-likeness (QED) is 0.342. The Morgan fingerprint density at radius 3 is 2.61 bits per heavy atom. The van der Waals surface area contributed by atoms with Crippen LogP contribution in [0.5, 0.6) is 0 Å². The smallest absolute Gasteiger partial charge is 0.190 e. The summed E-state index contributed by atoms with van der Waals surface area (Å²) in [7, 11) is 0. The summed E-state index contributed by atoms with van der Waals surface area (Å²) in [4.78, 5) is 0. The van der Waals surface area contributed by atoms with Crippen LogP contribution in [0.3, 0.4) is 0 Å². The molecular formula is C22H23F3N2O3S. The van der Waals surface area contributed by atoms with Crippen LogP contribution in [0.1, 0.15) is 24.5 Å². The van der Waals surface area contributed by atoms with Gasteiger partial charge in [0.15, 0.2) is 17.4 Å². The zero-order valence-corrected chi connectivity index (χ0v) is 17.8. The van der Waals surface area contributed by atoms with Crippen molar-refractivity contribution >= 4 is 16.3 Å². The number of aryl methyl sites for hydroxylation is 1. The molecule has 3 rings (SSSR count). The maximum atomic E-state index is 14.5. The first-order valence-corrected chi connectivity index (χ1v) is 10.4. The van der Waals surface area contributed by atoms with Gasteiger partial charge in [-0.1, -0.05) is 18.2 Å². The zero-order valence-electron chi connectivity index (χ0n) is 17.0. The molecule has 1 aromatic carbocycles. The van der Waals surface area contributed by atoms with E-state index in [1.165, 1.54) is 36.7 Å². The van der Waals surface area contributed by atoms with Crippen LogP contribution in [0.2, 0.25) is 0 Å². The highest BCUT2D eigenvalue weighted by atomic mass is 32.1. The van der Waals surface area contributed by atoms with E-state index >= 15 is 0 Å². The van der Waals surface area contributed by atoms with Gasteiger partial charge in [0.25, 0.3) is 0 Å². The number of ether oxygens (including phenoxy) is 1. The fourth-order valence-electron chi connectivity index (χ4n) is 3.04. The Balaban J connectivity index is 1.65. The number of allylic oxidation sites excluding steroid dienone is 3. The van der Waals surface area contributed by atoms with Crippen molar-refractivity contribution in [2.45, 2.75) is 26.1 Å². The van der Waals surface area contributed by atoms with Crippen molar-refractivity contribution < 1.29 is 28.1 Å². The summed E-state index contributed by atoms with van der Waals surface area (Å²) in [5, 5.41) is 28.1. The van der Waals surface area contributed by atoms with Crippen LogP contribution in [0, 0.1) is 18.6 Å². The lowest BCUT2D eigenvalue weighted by Gasteiger charge is -2.20. The Kier molecular flexibility index (Phi) is 7.22. The number of nitrogens with one attached hydrogen (secondary N) is 2. The van der Waals surface area contributed by atoms with Gasteiger partial charge in [-0.15, -0.1) is 11.3 Å². The molecule has 0 spiro atoms. The minimum absolute atomic E-state index is 0.0377. The molecule has 0 unspecified atom stereocenters. The van der Waals surface area contributed by atoms with Crippen LogP contribution in [0.4, 0.5) is 18.2 Å². The molecule has 9 heteroatoms. The van der Waals surface area contributed by atoms with E-state index in [0.29, 0.717) is 18.0 Å². The Bertz CT molecular complexity index is 1040. The van der Waals surface area contributed by atoms with Gasteiger partial charge in [0.05, 0.1) is 17.2 Å². The average molecular weight is 452 g/mol. The normalized spacial score (nSPS) is 15.2. The topological polar surface area (TPSA) is 73.8 Å². The molecule has 1 aromatic heterocycles. The second-order valence-corrected chi connectivity index (χ2v) is 8.00. The van der Waals surface area contributed by atoms with E-state index in [-0.39, 0.29) is 34.8 Å². The highest BCUT2D eigenvalue weighted by Crippen LogP contribution is 2.42. The fraction of sp³-hybridized carbons (Fsp3) is 0.273. The second kappa shape index (κ2) is 9.69. The fourth-order valence-corrected chi connectivity index (χ4v) is 4.09. The molecule has 4 N–H and O–H groups in total. The molecule has 0 atom stereocenters. The summed E-state index contributed by atoms with van der Waals surface area (Å²) < 4.78 is 46.9. The van der Waals surface area contributed by atoms with E-state index in [1.807, 2.05) is 6.08 Å². The summed E-state index contributed by atoms with van der Waals surface area (Å²) in [6.45, 7) is 3.03. The standard InChI is InChI=1S/C22H23F3N2O3S/c1-13-5-8-16(20(25)19(13)24)17-11-31-21(18(17)22(2,28)29)27-12-30-9-3-4-15-7-6-14(23)10-26-15/h4-8,10-11,26-29H,3,9,12H2,1-2H3/b15-4-. The summed E-state index contributed by atoms with van der Waals surface area (Å²) in [6.07, 6.45) is 6.64. The van der Waals surface area contributed by atoms with Crippen molar-refractivity contribution in [3.63, 3.8) is 0 Å². The second-order valence-electron chi connectivity index (χ2n) is 7.12. The highest BCUT2D eigenvalue weighted by molar-refractivity contribution is 7.14. The van der Waals surface area contributed by atoms with Crippen LogP contribution in [0.15, 0.2) is 53.5 Å². The molecule has 0 bridgehead atoms. The average Bonchev–Trinajstić information content (AvgIpc) is 3.14. The number of benzene rings is 1. The molecule has 0 amide bonds. The van der Waals surface area contributed by atoms with Crippen molar-refractivity contribution in [3.8, 4) is 11.1 Å². The van der Waals surface area contributed by atoms with Crippen molar-refractivity contribution in [2.24, 2.45) is 0 Å². The van der Waals surface area contributed by atoms with E-state index in [2.05, 4.69) is 10.6 Å². The van der Waals surface area contributed by atoms with Gasteiger partial charge in [0.2, 0.25) is 0 Å². The molecule has 0 fully saturated rings. The predicted octanol–water partition coefficient (Wildman–Crippen LogP) is 4.79. The van der Waals surface area contributed by atoms with Crippen LogP contribution in [-0.4, -0.2) is 23.6 Å². The predicted molar refractivity (Wildman–Crippen MR) is 115 cm³/mol. The number of halogens is 3. The number of hydrogen-bond acceptors (Lipinski definition) is 6. The molecule has 5 nitrogen and oxygen atoms in total. The van der Waals surface area contributed by atoms with E-state index in [9.17, 15) is 23.4 Å². The van der Waals surface area contributed by atoms with Gasteiger partial charge in [0.1, 0.15) is 12.6 Å². The van der Waals surface area contributed by atoms with Crippen molar-refractivity contribution in [1.29, 1.82) is 0 Å². The van der Waals surface area contributed by atoms with Gasteiger partial charge in [-0.2, -0.15) is 0 Å².